The molecule has 0 radical (unpaired) electrons. The lowest BCUT2D eigenvalue weighted by molar-refractivity contribution is 0.0497. The summed E-state index contributed by atoms with van der Waals surface area (Å²) in [6.45, 7) is 25.2. The van der Waals surface area contributed by atoms with Gasteiger partial charge in [0.25, 0.3) is 0 Å². The SMILES string of the molecule is CCCCCCCCCCOC(=O)c1cc(C#Cc2cc3cc(C#C[Si](C)(C)C)c4cccc(C)c4c3c3c(C)cccc23)cc(C#Cc2cc3cc(C#C[Si](C)(C)C)c4cccc(C)c4c3c3c(C)cccc23)c1. The van der Waals surface area contributed by atoms with Gasteiger partial charge in [-0.2, -0.15) is 0 Å². The number of rotatable bonds is 10. The molecule has 9 aromatic carbocycles. The van der Waals surface area contributed by atoms with E-state index in [1.165, 1.54) is 97.4 Å². The average Bonchev–Trinajstić information content (AvgIpc) is 3.37. The van der Waals surface area contributed by atoms with Gasteiger partial charge in [-0.15, -0.1) is 11.1 Å². The standard InChI is InChI=1S/C71H70O2Si2/c1-12-13-14-15-16-17-18-19-38-73-71(72)60-42-52(32-34-54-44-58-46-56(36-39-74(6,7)8)63-30-22-26-50(4)67(63)69(58)65-48(2)24-20-28-61(54)65)41-53(43-60)33-35-55-45-59-47-57(37-40-75(9,10)11)64-31-23-27-51(5)68(64)70(59)66-49(3)25-21-29-62(55)66/h20-31,41-47H,12-19,38H2,1-11H3. The van der Waals surface area contributed by atoms with Crippen LogP contribution in [0.4, 0.5) is 0 Å². The quantitative estimate of drug-likeness (QED) is 0.0449. The predicted octanol–water partition coefficient (Wildman–Crippen LogP) is 18.4. The molecule has 0 aromatic heterocycles. The van der Waals surface area contributed by atoms with Crippen LogP contribution < -0.4 is 0 Å². The van der Waals surface area contributed by atoms with E-state index in [0.717, 1.165) is 63.1 Å². The summed E-state index contributed by atoms with van der Waals surface area (Å²) >= 11 is 0. The number of carbonyl (C=O) groups is 1. The van der Waals surface area contributed by atoms with Crippen molar-refractivity contribution in [1.82, 2.24) is 0 Å². The lowest BCUT2D eigenvalue weighted by atomic mass is 9.88. The van der Waals surface area contributed by atoms with E-state index in [1.54, 1.807) is 0 Å². The third kappa shape index (κ3) is 11.8. The molecule has 374 valence electrons. The van der Waals surface area contributed by atoms with Crippen LogP contribution in [0.25, 0.3) is 64.6 Å². The fraction of sp³-hybridized carbons (Fsp3) is 0.282. The fourth-order valence-corrected chi connectivity index (χ4v) is 11.6. The Balaban J connectivity index is 1.18. The Labute approximate surface area is 448 Å². The summed E-state index contributed by atoms with van der Waals surface area (Å²) in [7, 11) is -3.32. The van der Waals surface area contributed by atoms with Gasteiger partial charge in [0.1, 0.15) is 16.1 Å². The maximum Gasteiger partial charge on any atom is 0.338 e. The molecule has 0 atom stereocenters. The second kappa shape index (κ2) is 22.3. The first-order valence-corrected chi connectivity index (χ1v) is 34.2. The molecule has 0 saturated heterocycles. The van der Waals surface area contributed by atoms with Crippen LogP contribution >= 0.6 is 0 Å². The first kappa shape index (κ1) is 52.5. The number of benzene rings is 9. The lowest BCUT2D eigenvalue weighted by Gasteiger charge is -2.15. The van der Waals surface area contributed by atoms with E-state index in [0.29, 0.717) is 23.3 Å². The molecular formula is C71H70O2Si2. The molecule has 0 aliphatic rings. The molecule has 0 heterocycles. The summed E-state index contributed by atoms with van der Waals surface area (Å²) in [5.74, 6) is 21.2. The largest absolute Gasteiger partial charge is 0.462 e. The number of carbonyl (C=O) groups excluding carboxylic acids is 1. The van der Waals surface area contributed by atoms with Gasteiger partial charge in [-0.3, -0.25) is 0 Å². The number of hydrogen-bond donors (Lipinski definition) is 0. The van der Waals surface area contributed by atoms with Crippen LogP contribution in [0.15, 0.2) is 115 Å². The van der Waals surface area contributed by atoms with Crippen LogP contribution in [0.5, 0.6) is 0 Å². The van der Waals surface area contributed by atoms with Crippen LogP contribution in [-0.2, 0) is 4.74 Å². The molecule has 9 aromatic rings. The zero-order chi connectivity index (χ0) is 53.0. The maximum absolute atomic E-state index is 14.0. The van der Waals surface area contributed by atoms with Gasteiger partial charge in [0.05, 0.1) is 12.2 Å². The predicted molar refractivity (Wildman–Crippen MR) is 329 cm³/mol. The van der Waals surface area contributed by atoms with Gasteiger partial charge < -0.3 is 4.74 Å². The number of hydrogen-bond acceptors (Lipinski definition) is 2. The van der Waals surface area contributed by atoms with Gasteiger partial charge in [-0.05, 0) is 163 Å². The van der Waals surface area contributed by atoms with Crippen LogP contribution in [0.3, 0.4) is 0 Å². The lowest BCUT2D eigenvalue weighted by Crippen LogP contribution is -2.16. The molecule has 4 heteroatoms. The molecule has 0 unspecified atom stereocenters. The third-order valence-electron chi connectivity index (χ3n) is 14.3. The molecule has 0 aliphatic carbocycles. The summed E-state index contributed by atoms with van der Waals surface area (Å²) < 4.78 is 5.99. The number of aryl methyl sites for hydroxylation is 4. The second-order valence-electron chi connectivity index (χ2n) is 22.8. The van der Waals surface area contributed by atoms with E-state index >= 15 is 0 Å². The molecule has 75 heavy (non-hydrogen) atoms. The zero-order valence-corrected chi connectivity index (χ0v) is 48.2. The molecule has 0 aliphatic heterocycles. The highest BCUT2D eigenvalue weighted by atomic mass is 28.3. The van der Waals surface area contributed by atoms with Crippen molar-refractivity contribution in [1.29, 1.82) is 0 Å². The molecule has 0 spiro atoms. The molecule has 0 bridgehead atoms. The average molecular weight is 1010 g/mol. The Hall–Kier alpha value is -7.32. The minimum Gasteiger partial charge on any atom is -0.462 e. The summed E-state index contributed by atoms with van der Waals surface area (Å²) in [6, 6.07) is 40.9. The van der Waals surface area contributed by atoms with E-state index in [9.17, 15) is 4.79 Å². The van der Waals surface area contributed by atoms with Crippen molar-refractivity contribution in [3.05, 3.63) is 176 Å². The van der Waals surface area contributed by atoms with Crippen molar-refractivity contribution in [2.24, 2.45) is 0 Å². The molecule has 0 N–H and O–H groups in total. The van der Waals surface area contributed by atoms with Gasteiger partial charge >= 0.3 is 5.97 Å². The molecular weight excluding hydrogens is 941 g/mol. The highest BCUT2D eigenvalue weighted by molar-refractivity contribution is 6.84. The van der Waals surface area contributed by atoms with Crippen molar-refractivity contribution < 1.29 is 9.53 Å². The van der Waals surface area contributed by atoms with Crippen molar-refractivity contribution >= 4 is 86.8 Å². The van der Waals surface area contributed by atoms with Crippen molar-refractivity contribution in [3.8, 4) is 46.6 Å². The second-order valence-corrected chi connectivity index (χ2v) is 32.3. The van der Waals surface area contributed by atoms with E-state index < -0.39 is 16.1 Å². The molecule has 0 saturated carbocycles. The maximum atomic E-state index is 14.0. The molecule has 9 rings (SSSR count). The van der Waals surface area contributed by atoms with Crippen LogP contribution in [0.2, 0.25) is 39.3 Å². The highest BCUT2D eigenvalue weighted by Crippen LogP contribution is 2.41. The summed E-state index contributed by atoms with van der Waals surface area (Å²) in [6.07, 6.45) is 9.37. The fourth-order valence-electron chi connectivity index (χ4n) is 10.6. The zero-order valence-electron chi connectivity index (χ0n) is 46.2. The molecule has 2 nitrogen and oxygen atoms in total. The Morgan fingerprint density at radius 2 is 0.760 bits per heavy atom. The van der Waals surface area contributed by atoms with E-state index in [-0.39, 0.29) is 5.97 Å². The van der Waals surface area contributed by atoms with Crippen LogP contribution in [0.1, 0.15) is 124 Å². The van der Waals surface area contributed by atoms with E-state index in [1.807, 2.05) is 18.2 Å². The minimum atomic E-state index is -1.66. The van der Waals surface area contributed by atoms with Gasteiger partial charge in [-0.1, -0.05) is 199 Å². The number of esters is 1. The van der Waals surface area contributed by atoms with Crippen molar-refractivity contribution in [3.63, 3.8) is 0 Å². The smallest absolute Gasteiger partial charge is 0.338 e. The third-order valence-corrected chi connectivity index (χ3v) is 16.0. The van der Waals surface area contributed by atoms with Gasteiger partial charge in [0.15, 0.2) is 0 Å². The minimum absolute atomic E-state index is 0.355. The Morgan fingerprint density at radius 3 is 1.12 bits per heavy atom. The molecule has 0 amide bonds. The first-order chi connectivity index (χ1) is 36.0. The number of unbranched alkanes of at least 4 members (excludes halogenated alkanes) is 7. The first-order valence-electron chi connectivity index (χ1n) is 27.2. The van der Waals surface area contributed by atoms with Crippen molar-refractivity contribution in [2.45, 2.75) is 125 Å². The van der Waals surface area contributed by atoms with E-state index in [4.69, 9.17) is 4.74 Å². The molecule has 0 fully saturated rings. The van der Waals surface area contributed by atoms with Gasteiger partial charge in [0.2, 0.25) is 0 Å². The van der Waals surface area contributed by atoms with Crippen LogP contribution in [0, 0.1) is 74.3 Å². The van der Waals surface area contributed by atoms with Gasteiger partial charge in [-0.25, -0.2) is 4.79 Å². The Bertz CT molecular complexity index is 3770. The summed E-state index contributed by atoms with van der Waals surface area (Å²) in [5, 5.41) is 14.1. The summed E-state index contributed by atoms with van der Waals surface area (Å²) in [5.41, 5.74) is 17.9. The van der Waals surface area contributed by atoms with Crippen LogP contribution in [-0.4, -0.2) is 28.7 Å². The topological polar surface area (TPSA) is 26.3 Å². The summed E-state index contributed by atoms with van der Waals surface area (Å²) in [4.78, 5) is 14.0. The monoisotopic (exact) mass is 1010 g/mol. The number of ether oxygens (including phenoxy) is 1. The van der Waals surface area contributed by atoms with Crippen molar-refractivity contribution in [2.75, 3.05) is 6.61 Å². The number of fused-ring (bicyclic) bond motifs is 10. The normalized spacial score (nSPS) is 11.5. The van der Waals surface area contributed by atoms with E-state index in [2.05, 4.69) is 218 Å². The Morgan fingerprint density at radius 1 is 0.413 bits per heavy atom. The Kier molecular flexibility index (Phi) is 15.6. The highest BCUT2D eigenvalue weighted by Gasteiger charge is 2.18. The van der Waals surface area contributed by atoms with Gasteiger partial charge in [0, 0.05) is 33.4 Å².